The van der Waals surface area contributed by atoms with E-state index in [9.17, 15) is 19.8 Å². The highest BCUT2D eigenvalue weighted by Crippen LogP contribution is 2.27. The Balaban J connectivity index is 1.60. The number of aliphatic hydroxyl groups excluding tert-OH is 2. The van der Waals surface area contributed by atoms with Crippen LogP contribution in [-0.4, -0.2) is 73.2 Å². The van der Waals surface area contributed by atoms with Crippen LogP contribution < -0.4 is 10.6 Å². The van der Waals surface area contributed by atoms with Gasteiger partial charge >= 0.3 is 11.9 Å². The van der Waals surface area contributed by atoms with Crippen LogP contribution in [0.2, 0.25) is 0 Å². The molecule has 0 saturated carbocycles. The van der Waals surface area contributed by atoms with E-state index in [-0.39, 0.29) is 47.5 Å². The molecule has 204 valence electrons. The van der Waals surface area contributed by atoms with Gasteiger partial charge in [-0.05, 0) is 13.8 Å². The number of aliphatic hydroxyl groups is 2. The number of amidine groups is 2. The number of nitrogens with zero attached hydrogens (tertiary/aromatic N) is 2. The molecule has 4 N–H and O–H groups in total. The van der Waals surface area contributed by atoms with Crippen LogP contribution in [0.4, 0.5) is 0 Å². The highest BCUT2D eigenvalue weighted by molar-refractivity contribution is 6.24. The Labute approximate surface area is 226 Å². The van der Waals surface area contributed by atoms with Crippen molar-refractivity contribution >= 4 is 35.1 Å². The molecule has 2 heterocycles. The molecule has 2 aromatic carbocycles. The van der Waals surface area contributed by atoms with Crippen LogP contribution in [0.3, 0.4) is 0 Å². The van der Waals surface area contributed by atoms with Gasteiger partial charge in [-0.25, -0.2) is 9.59 Å². The van der Waals surface area contributed by atoms with Crippen molar-refractivity contribution in [1.29, 1.82) is 0 Å². The molecule has 0 unspecified atom stereocenters. The molecule has 2 aliphatic heterocycles. The molecule has 2 aromatic rings. The van der Waals surface area contributed by atoms with Gasteiger partial charge in [0.15, 0.2) is 0 Å². The number of rotatable bonds is 8. The largest absolute Gasteiger partial charge is 0.506 e. The van der Waals surface area contributed by atoms with Crippen LogP contribution in [0.25, 0.3) is 11.5 Å². The zero-order chi connectivity index (χ0) is 27.8. The second-order valence-electron chi connectivity index (χ2n) is 9.16. The lowest BCUT2D eigenvalue weighted by Crippen LogP contribution is -2.56. The molecular weight excluding hydrogens is 500 g/mol. The summed E-state index contributed by atoms with van der Waals surface area (Å²) in [5.41, 5.74) is 0.403. The third kappa shape index (κ3) is 6.11. The summed E-state index contributed by atoms with van der Waals surface area (Å²) in [5.74, 6) is -1.32. The second-order valence-corrected chi connectivity index (χ2v) is 9.16. The highest BCUT2D eigenvalue weighted by Gasteiger charge is 2.39. The van der Waals surface area contributed by atoms with Gasteiger partial charge in [-0.15, -0.1) is 0 Å². The van der Waals surface area contributed by atoms with E-state index in [0.29, 0.717) is 37.3 Å². The van der Waals surface area contributed by atoms with Crippen LogP contribution >= 0.6 is 0 Å². The first-order valence-corrected chi connectivity index (χ1v) is 12.8. The molecule has 0 saturated heterocycles. The predicted octanol–water partition coefficient (Wildman–Crippen LogP) is 3.04. The Kier molecular flexibility index (Phi) is 8.65. The Bertz CT molecular complexity index is 1230. The SMILES string of the molecule is CCOC(=O)/C(C1=NCC2(CN=C(/C(C(=O)OCC)=C(\O)c3ccccc3)NC2)CN1)=C(/O)c1ccccc1. The van der Waals surface area contributed by atoms with Crippen molar-refractivity contribution in [3.8, 4) is 0 Å². The summed E-state index contributed by atoms with van der Waals surface area (Å²) in [7, 11) is 0. The Morgan fingerprint density at radius 1 is 0.744 bits per heavy atom. The number of carbonyl (C=O) groups is 2. The number of hydrogen-bond acceptors (Lipinski definition) is 10. The summed E-state index contributed by atoms with van der Waals surface area (Å²) in [4.78, 5) is 34.7. The van der Waals surface area contributed by atoms with E-state index in [2.05, 4.69) is 20.6 Å². The van der Waals surface area contributed by atoms with E-state index in [0.717, 1.165) is 0 Å². The Morgan fingerprint density at radius 3 is 1.44 bits per heavy atom. The predicted molar refractivity (Wildman–Crippen MR) is 148 cm³/mol. The number of esters is 2. The van der Waals surface area contributed by atoms with Gasteiger partial charge in [-0.3, -0.25) is 9.98 Å². The van der Waals surface area contributed by atoms with Crippen molar-refractivity contribution in [1.82, 2.24) is 10.6 Å². The van der Waals surface area contributed by atoms with Crippen molar-refractivity contribution in [3.63, 3.8) is 0 Å². The third-order valence-corrected chi connectivity index (χ3v) is 6.41. The number of aliphatic imine (C=N–C) groups is 2. The van der Waals surface area contributed by atoms with Crippen LogP contribution in [0, 0.1) is 5.41 Å². The zero-order valence-electron chi connectivity index (χ0n) is 21.9. The van der Waals surface area contributed by atoms with Gasteiger partial charge in [0.2, 0.25) is 0 Å². The molecule has 0 aromatic heterocycles. The van der Waals surface area contributed by atoms with Crippen molar-refractivity contribution in [2.45, 2.75) is 13.8 Å². The first-order chi connectivity index (χ1) is 18.9. The van der Waals surface area contributed by atoms with E-state index in [1.165, 1.54) is 0 Å². The number of carbonyl (C=O) groups excluding carboxylic acids is 2. The first kappa shape index (κ1) is 27.4. The van der Waals surface area contributed by atoms with Crippen molar-refractivity contribution in [3.05, 3.63) is 82.9 Å². The second kappa shape index (κ2) is 12.3. The normalized spacial score (nSPS) is 19.8. The third-order valence-electron chi connectivity index (χ3n) is 6.41. The summed E-state index contributed by atoms with van der Waals surface area (Å²) in [5, 5.41) is 28.2. The monoisotopic (exact) mass is 532 g/mol. The molecule has 10 nitrogen and oxygen atoms in total. The van der Waals surface area contributed by atoms with E-state index in [1.54, 1.807) is 62.4 Å². The minimum atomic E-state index is -0.677. The fourth-order valence-corrected chi connectivity index (χ4v) is 4.32. The molecule has 10 heteroatoms. The van der Waals surface area contributed by atoms with Crippen LogP contribution in [0.1, 0.15) is 25.0 Å². The molecule has 2 aliphatic rings. The van der Waals surface area contributed by atoms with Crippen LogP contribution in [0.15, 0.2) is 81.8 Å². The highest BCUT2D eigenvalue weighted by atomic mass is 16.5. The van der Waals surface area contributed by atoms with Crippen molar-refractivity contribution < 1.29 is 29.3 Å². The molecule has 39 heavy (non-hydrogen) atoms. The number of benzene rings is 2. The summed E-state index contributed by atoms with van der Waals surface area (Å²) >= 11 is 0. The van der Waals surface area contributed by atoms with Crippen molar-refractivity contribution in [2.24, 2.45) is 15.4 Å². The minimum Gasteiger partial charge on any atom is -0.506 e. The molecule has 4 rings (SSSR count). The van der Waals surface area contributed by atoms with E-state index >= 15 is 0 Å². The number of ether oxygens (including phenoxy) is 2. The zero-order valence-corrected chi connectivity index (χ0v) is 21.9. The molecule has 0 bridgehead atoms. The Morgan fingerprint density at radius 2 is 1.13 bits per heavy atom. The van der Waals surface area contributed by atoms with Gasteiger partial charge in [0.05, 0.1) is 26.3 Å². The fourth-order valence-electron chi connectivity index (χ4n) is 4.32. The lowest BCUT2D eigenvalue weighted by atomic mass is 9.84. The summed E-state index contributed by atoms with van der Waals surface area (Å²) in [6.07, 6.45) is 0. The molecule has 0 fully saturated rings. The van der Waals surface area contributed by atoms with E-state index in [1.807, 2.05) is 12.1 Å². The lowest BCUT2D eigenvalue weighted by Gasteiger charge is -2.38. The van der Waals surface area contributed by atoms with Crippen molar-refractivity contribution in [2.75, 3.05) is 39.4 Å². The van der Waals surface area contributed by atoms with Gasteiger partial charge in [-0.2, -0.15) is 0 Å². The Hall–Kier alpha value is -4.60. The smallest absolute Gasteiger partial charge is 0.345 e. The lowest BCUT2D eigenvalue weighted by molar-refractivity contribution is -0.138. The standard InChI is InChI=1S/C29H32N4O6/c1-3-38-27(36)21(23(34)19-11-7-5-8-12-19)25-30-15-29(16-31-25)17-32-26(33-18-29)22(28(37)39-4-2)24(35)20-13-9-6-10-14-20/h5-14,34-35H,3-4,15-18H2,1-2H3,(H,30,31)(H,32,33)/b23-21+,24-22+. The molecule has 1 spiro atoms. The first-order valence-electron chi connectivity index (χ1n) is 12.8. The number of nitrogens with one attached hydrogen (secondary N) is 2. The molecule has 0 aliphatic carbocycles. The van der Waals surface area contributed by atoms with Gasteiger partial charge in [0, 0.05) is 29.6 Å². The molecule has 0 radical (unpaired) electrons. The summed E-state index contributed by atoms with van der Waals surface area (Å²) in [6.45, 7) is 5.06. The maximum absolute atomic E-state index is 12.8. The van der Waals surface area contributed by atoms with E-state index < -0.39 is 17.4 Å². The van der Waals surface area contributed by atoms with Crippen LogP contribution in [-0.2, 0) is 19.1 Å². The van der Waals surface area contributed by atoms with Gasteiger partial charge < -0.3 is 30.3 Å². The number of hydrogen-bond donors (Lipinski definition) is 4. The summed E-state index contributed by atoms with van der Waals surface area (Å²) < 4.78 is 10.4. The fraction of sp³-hybridized carbons (Fsp3) is 0.310. The van der Waals surface area contributed by atoms with Gasteiger partial charge in [0.1, 0.15) is 34.3 Å². The quantitative estimate of drug-likeness (QED) is 0.231. The average molecular weight is 533 g/mol. The topological polar surface area (TPSA) is 142 Å². The maximum Gasteiger partial charge on any atom is 0.345 e. The maximum atomic E-state index is 12.8. The summed E-state index contributed by atoms with van der Waals surface area (Å²) in [6, 6.07) is 17.5. The van der Waals surface area contributed by atoms with Crippen LogP contribution in [0.5, 0.6) is 0 Å². The van der Waals surface area contributed by atoms with Gasteiger partial charge in [0.25, 0.3) is 0 Å². The minimum absolute atomic E-state index is 0.0360. The average Bonchev–Trinajstić information content (AvgIpc) is 2.96. The van der Waals surface area contributed by atoms with E-state index in [4.69, 9.17) is 9.47 Å². The van der Waals surface area contributed by atoms with Gasteiger partial charge in [-0.1, -0.05) is 60.7 Å². The molecule has 0 atom stereocenters. The molecular formula is C29H32N4O6. The molecule has 0 amide bonds.